The number of nitrogen functional groups attached to an aromatic ring is 1. The fourth-order valence-corrected chi connectivity index (χ4v) is 0.909. The molecule has 1 unspecified atom stereocenters. The smallest absolute Gasteiger partial charge is 0.270 e. The van der Waals surface area contributed by atoms with Crippen LogP contribution in [0.1, 0.15) is 17.4 Å². The number of carbonyl (C=O) groups is 1. The Labute approximate surface area is 82.0 Å². The van der Waals surface area contributed by atoms with Crippen molar-refractivity contribution in [2.45, 2.75) is 13.0 Å². The van der Waals surface area contributed by atoms with E-state index in [2.05, 4.69) is 10.3 Å². The minimum Gasteiger partial charge on any atom is -0.392 e. The molecule has 0 spiro atoms. The fraction of sp³-hybridized carbons (Fsp3) is 0.333. The first-order valence-corrected chi connectivity index (χ1v) is 4.28. The lowest BCUT2D eigenvalue weighted by atomic mass is 10.3. The number of aliphatic hydroxyl groups excluding tert-OH is 1. The third-order valence-corrected chi connectivity index (χ3v) is 1.56. The van der Waals surface area contributed by atoms with Crippen LogP contribution in [0.2, 0.25) is 0 Å². The van der Waals surface area contributed by atoms with Gasteiger partial charge in [-0.15, -0.1) is 0 Å². The molecule has 1 heterocycles. The summed E-state index contributed by atoms with van der Waals surface area (Å²) in [5, 5.41) is 11.5. The van der Waals surface area contributed by atoms with E-state index in [-0.39, 0.29) is 18.1 Å². The van der Waals surface area contributed by atoms with Crippen molar-refractivity contribution in [3.63, 3.8) is 0 Å². The zero-order valence-corrected chi connectivity index (χ0v) is 7.90. The second kappa shape index (κ2) is 4.57. The quantitative estimate of drug-likeness (QED) is 0.622. The third-order valence-electron chi connectivity index (χ3n) is 1.56. The molecule has 0 saturated heterocycles. The number of nitrogens with zero attached hydrogens (tertiary/aromatic N) is 1. The van der Waals surface area contributed by atoms with Crippen molar-refractivity contribution >= 4 is 11.7 Å². The van der Waals surface area contributed by atoms with Gasteiger partial charge >= 0.3 is 0 Å². The summed E-state index contributed by atoms with van der Waals surface area (Å²) in [4.78, 5) is 15.2. The van der Waals surface area contributed by atoms with Gasteiger partial charge in [-0.05, 0) is 19.1 Å². The van der Waals surface area contributed by atoms with E-state index in [1.54, 1.807) is 25.1 Å². The van der Waals surface area contributed by atoms with Crippen molar-refractivity contribution in [3.05, 3.63) is 23.9 Å². The number of hydrogen-bond donors (Lipinski definition) is 3. The first-order chi connectivity index (χ1) is 6.59. The van der Waals surface area contributed by atoms with Crippen LogP contribution in [0, 0.1) is 0 Å². The van der Waals surface area contributed by atoms with E-state index in [1.165, 1.54) is 0 Å². The maximum absolute atomic E-state index is 11.4. The van der Waals surface area contributed by atoms with Crippen LogP contribution in [0.5, 0.6) is 0 Å². The highest BCUT2D eigenvalue weighted by Crippen LogP contribution is 1.99. The van der Waals surface area contributed by atoms with Gasteiger partial charge in [-0.3, -0.25) is 4.79 Å². The van der Waals surface area contributed by atoms with E-state index in [4.69, 9.17) is 10.8 Å². The van der Waals surface area contributed by atoms with Gasteiger partial charge in [0.1, 0.15) is 11.5 Å². The van der Waals surface area contributed by atoms with Gasteiger partial charge < -0.3 is 16.2 Å². The lowest BCUT2D eigenvalue weighted by Crippen LogP contribution is -2.31. The van der Waals surface area contributed by atoms with Crippen molar-refractivity contribution in [2.24, 2.45) is 0 Å². The number of nitrogens with two attached hydrogens (primary N) is 1. The summed E-state index contributed by atoms with van der Waals surface area (Å²) in [6, 6.07) is 4.82. The molecule has 5 nitrogen and oxygen atoms in total. The van der Waals surface area contributed by atoms with Crippen LogP contribution in [0.15, 0.2) is 18.2 Å². The molecule has 0 aliphatic carbocycles. The molecule has 0 fully saturated rings. The Hall–Kier alpha value is -1.62. The Morgan fingerprint density at radius 3 is 3.00 bits per heavy atom. The summed E-state index contributed by atoms with van der Waals surface area (Å²) in [7, 11) is 0. The molecular formula is C9H13N3O2. The Morgan fingerprint density at radius 2 is 2.43 bits per heavy atom. The number of nitrogens with one attached hydrogen (secondary N) is 1. The van der Waals surface area contributed by atoms with E-state index >= 15 is 0 Å². The number of aromatic nitrogens is 1. The van der Waals surface area contributed by atoms with Crippen LogP contribution in [-0.2, 0) is 0 Å². The van der Waals surface area contributed by atoms with Gasteiger partial charge in [0, 0.05) is 6.54 Å². The number of anilines is 1. The van der Waals surface area contributed by atoms with Crippen molar-refractivity contribution in [3.8, 4) is 0 Å². The van der Waals surface area contributed by atoms with Crippen LogP contribution in [0.4, 0.5) is 5.82 Å². The van der Waals surface area contributed by atoms with E-state index in [0.29, 0.717) is 5.82 Å². The van der Waals surface area contributed by atoms with Crippen LogP contribution in [0.3, 0.4) is 0 Å². The van der Waals surface area contributed by atoms with E-state index in [1.807, 2.05) is 0 Å². The molecule has 1 aromatic rings. The second-order valence-corrected chi connectivity index (χ2v) is 3.01. The lowest BCUT2D eigenvalue weighted by Gasteiger charge is -2.06. The average molecular weight is 195 g/mol. The second-order valence-electron chi connectivity index (χ2n) is 3.01. The summed E-state index contributed by atoms with van der Waals surface area (Å²) in [6.07, 6.45) is -0.569. The zero-order valence-electron chi connectivity index (χ0n) is 7.90. The maximum Gasteiger partial charge on any atom is 0.270 e. The Bertz CT molecular complexity index is 326. The molecule has 0 radical (unpaired) electrons. The van der Waals surface area contributed by atoms with Crippen molar-refractivity contribution in [1.82, 2.24) is 10.3 Å². The number of pyridine rings is 1. The number of aliphatic hydroxyl groups is 1. The molecule has 1 rings (SSSR count). The van der Waals surface area contributed by atoms with Gasteiger partial charge in [-0.25, -0.2) is 4.98 Å². The molecule has 0 saturated carbocycles. The molecule has 1 atom stereocenters. The minimum atomic E-state index is -0.569. The molecule has 0 bridgehead atoms. The fourth-order valence-electron chi connectivity index (χ4n) is 0.909. The number of carbonyl (C=O) groups excluding carboxylic acids is 1. The normalized spacial score (nSPS) is 12.1. The Morgan fingerprint density at radius 1 is 1.71 bits per heavy atom. The van der Waals surface area contributed by atoms with Crippen molar-refractivity contribution in [1.29, 1.82) is 0 Å². The highest BCUT2D eigenvalue weighted by Gasteiger charge is 2.07. The third kappa shape index (κ3) is 3.02. The van der Waals surface area contributed by atoms with E-state index in [0.717, 1.165) is 0 Å². The number of amides is 1. The molecule has 0 aliphatic heterocycles. The first kappa shape index (κ1) is 10.5. The molecule has 14 heavy (non-hydrogen) atoms. The van der Waals surface area contributed by atoms with Crippen molar-refractivity contribution < 1.29 is 9.90 Å². The highest BCUT2D eigenvalue weighted by atomic mass is 16.3. The van der Waals surface area contributed by atoms with Crippen LogP contribution >= 0.6 is 0 Å². The molecule has 5 heteroatoms. The first-order valence-electron chi connectivity index (χ1n) is 4.28. The SMILES string of the molecule is CC(O)CNC(=O)c1cccc(N)n1. The molecule has 1 aromatic heterocycles. The minimum absolute atomic E-state index is 0.204. The Balaban J connectivity index is 2.61. The van der Waals surface area contributed by atoms with Gasteiger partial charge in [0.15, 0.2) is 0 Å². The van der Waals surface area contributed by atoms with Gasteiger partial charge in [0.25, 0.3) is 5.91 Å². The maximum atomic E-state index is 11.4. The van der Waals surface area contributed by atoms with Crippen LogP contribution < -0.4 is 11.1 Å². The molecule has 4 N–H and O–H groups in total. The van der Waals surface area contributed by atoms with Gasteiger partial charge in [0.05, 0.1) is 6.10 Å². The molecule has 76 valence electrons. The standard InChI is InChI=1S/C9H13N3O2/c1-6(13)5-11-9(14)7-3-2-4-8(10)12-7/h2-4,6,13H,5H2,1H3,(H2,10,12)(H,11,14). The lowest BCUT2D eigenvalue weighted by molar-refractivity contribution is 0.0919. The summed E-state index contributed by atoms with van der Waals surface area (Å²) < 4.78 is 0. The Kier molecular flexibility index (Phi) is 3.41. The molecular weight excluding hydrogens is 182 g/mol. The van der Waals surface area contributed by atoms with E-state index in [9.17, 15) is 4.79 Å². The summed E-state index contributed by atoms with van der Waals surface area (Å²) >= 11 is 0. The van der Waals surface area contributed by atoms with Gasteiger partial charge in [-0.1, -0.05) is 6.07 Å². The number of rotatable bonds is 3. The predicted molar refractivity (Wildman–Crippen MR) is 52.7 cm³/mol. The monoisotopic (exact) mass is 195 g/mol. The predicted octanol–water partition coefficient (Wildman–Crippen LogP) is -0.226. The van der Waals surface area contributed by atoms with E-state index < -0.39 is 6.10 Å². The largest absolute Gasteiger partial charge is 0.392 e. The average Bonchev–Trinajstić information content (AvgIpc) is 2.14. The molecule has 0 aromatic carbocycles. The van der Waals surface area contributed by atoms with Crippen molar-refractivity contribution in [2.75, 3.05) is 12.3 Å². The molecule has 0 aliphatic rings. The summed E-state index contributed by atoms with van der Waals surface area (Å²) in [5.74, 6) is -0.0344. The van der Waals surface area contributed by atoms with Crippen LogP contribution in [0.25, 0.3) is 0 Å². The van der Waals surface area contributed by atoms with Gasteiger partial charge in [-0.2, -0.15) is 0 Å². The topological polar surface area (TPSA) is 88.2 Å². The highest BCUT2D eigenvalue weighted by molar-refractivity contribution is 5.92. The summed E-state index contributed by atoms with van der Waals surface area (Å²) in [6.45, 7) is 1.79. The zero-order chi connectivity index (χ0) is 10.6. The summed E-state index contributed by atoms with van der Waals surface area (Å²) in [5.41, 5.74) is 5.67. The number of hydrogen-bond acceptors (Lipinski definition) is 4. The van der Waals surface area contributed by atoms with Gasteiger partial charge in [0.2, 0.25) is 0 Å². The molecule has 1 amide bonds. The van der Waals surface area contributed by atoms with Crippen LogP contribution in [-0.4, -0.2) is 28.6 Å².